The summed E-state index contributed by atoms with van der Waals surface area (Å²) in [5, 5.41) is 10.3. The number of hydrogen-bond donors (Lipinski definition) is 2. The van der Waals surface area contributed by atoms with Crippen LogP contribution in [0.2, 0.25) is 0 Å². The Morgan fingerprint density at radius 3 is 2.69 bits per heavy atom. The Hall–Kier alpha value is -1.95. The molecule has 0 fully saturated rings. The second-order valence-electron chi connectivity index (χ2n) is 2.33. The van der Waals surface area contributed by atoms with Gasteiger partial charge in [0.25, 0.3) is 0 Å². The molecular formula is C7H8N4O2. The van der Waals surface area contributed by atoms with Gasteiger partial charge in [-0.3, -0.25) is 0 Å². The van der Waals surface area contributed by atoms with Gasteiger partial charge in [0.2, 0.25) is 0 Å². The van der Waals surface area contributed by atoms with E-state index in [2.05, 4.69) is 9.97 Å². The number of imidazole rings is 1. The molecule has 4 N–H and O–H groups in total. The molecule has 1 aromatic carbocycles. The van der Waals surface area contributed by atoms with Crippen molar-refractivity contribution >= 4 is 17.0 Å². The van der Waals surface area contributed by atoms with Crippen LogP contribution in [-0.4, -0.2) is 14.9 Å². The van der Waals surface area contributed by atoms with Gasteiger partial charge in [-0.25, -0.2) is 4.98 Å². The number of nitrogens with zero attached hydrogens (tertiary/aromatic N) is 2. The highest BCUT2D eigenvalue weighted by molar-refractivity contribution is 5.75. The first-order valence-corrected chi connectivity index (χ1v) is 3.36. The summed E-state index contributed by atoms with van der Waals surface area (Å²) in [5.74, 6) is -0.212. The Labute approximate surface area is 73.3 Å². The fourth-order valence-corrected chi connectivity index (χ4v) is 1.03. The predicted octanol–water partition coefficient (Wildman–Crippen LogP) is 1.63. The lowest BCUT2D eigenvalue weighted by molar-refractivity contribution is -0.393. The second-order valence-corrected chi connectivity index (χ2v) is 2.33. The molecule has 0 amide bonds. The highest BCUT2D eigenvalue weighted by Crippen LogP contribution is 2.14. The van der Waals surface area contributed by atoms with E-state index < -0.39 is 4.92 Å². The first-order chi connectivity index (χ1) is 5.77. The quantitative estimate of drug-likeness (QED) is 0.513. The standard InChI is InChI=1S/C7H5N3O2.H3N/c11-10(12)7-8-5-3-1-2-4-6(5)9-7;/h1-4H,(H,8,9);1H3. The molecule has 0 aliphatic rings. The average molecular weight is 180 g/mol. The number of benzene rings is 1. The van der Waals surface area contributed by atoms with Crippen molar-refractivity contribution in [2.75, 3.05) is 0 Å². The minimum absolute atomic E-state index is 0. The van der Waals surface area contributed by atoms with Crippen molar-refractivity contribution < 1.29 is 4.92 Å². The lowest BCUT2D eigenvalue weighted by Crippen LogP contribution is -1.88. The van der Waals surface area contributed by atoms with Gasteiger partial charge in [0.15, 0.2) is 5.52 Å². The zero-order valence-corrected chi connectivity index (χ0v) is 6.73. The number of H-pyrrole nitrogens is 1. The molecule has 0 unspecified atom stereocenters. The van der Waals surface area contributed by atoms with Crippen LogP contribution in [0.4, 0.5) is 5.95 Å². The summed E-state index contributed by atoms with van der Waals surface area (Å²) in [6.07, 6.45) is 0. The fourth-order valence-electron chi connectivity index (χ4n) is 1.03. The largest absolute Gasteiger partial charge is 0.433 e. The van der Waals surface area contributed by atoms with Crippen molar-refractivity contribution in [2.45, 2.75) is 0 Å². The maximum atomic E-state index is 10.3. The minimum Gasteiger partial charge on any atom is -0.390 e. The Bertz CT molecular complexity index is 404. The number of aromatic nitrogens is 2. The molecule has 1 heterocycles. The molecule has 0 aliphatic heterocycles. The number of nitro groups is 1. The number of hydrogen-bond acceptors (Lipinski definition) is 4. The molecule has 0 saturated heterocycles. The lowest BCUT2D eigenvalue weighted by atomic mass is 10.3. The van der Waals surface area contributed by atoms with Crippen LogP contribution in [0.3, 0.4) is 0 Å². The van der Waals surface area contributed by atoms with Crippen molar-refractivity contribution in [1.82, 2.24) is 16.1 Å². The normalized spacial score (nSPS) is 9.54. The van der Waals surface area contributed by atoms with Gasteiger partial charge in [0.1, 0.15) is 5.52 Å². The zero-order chi connectivity index (χ0) is 8.55. The van der Waals surface area contributed by atoms with Gasteiger partial charge < -0.3 is 16.3 Å². The van der Waals surface area contributed by atoms with E-state index in [9.17, 15) is 10.1 Å². The Balaban J connectivity index is 0.000000845. The predicted molar refractivity (Wildman–Crippen MR) is 47.8 cm³/mol. The molecule has 0 atom stereocenters. The molecule has 2 rings (SSSR count). The van der Waals surface area contributed by atoms with Gasteiger partial charge in [-0.2, -0.15) is 0 Å². The van der Waals surface area contributed by atoms with Gasteiger partial charge >= 0.3 is 5.95 Å². The third-order valence-electron chi connectivity index (χ3n) is 1.55. The first-order valence-electron chi connectivity index (χ1n) is 3.36. The molecular weight excluding hydrogens is 172 g/mol. The van der Waals surface area contributed by atoms with Crippen molar-refractivity contribution in [3.63, 3.8) is 0 Å². The van der Waals surface area contributed by atoms with Crippen molar-refractivity contribution in [2.24, 2.45) is 0 Å². The van der Waals surface area contributed by atoms with E-state index in [0.29, 0.717) is 11.0 Å². The van der Waals surface area contributed by atoms with E-state index in [4.69, 9.17) is 0 Å². The maximum Gasteiger partial charge on any atom is 0.433 e. The smallest absolute Gasteiger partial charge is 0.390 e. The summed E-state index contributed by atoms with van der Waals surface area (Å²) >= 11 is 0. The summed E-state index contributed by atoms with van der Waals surface area (Å²) in [4.78, 5) is 16.1. The SMILES string of the molecule is N.O=[N+]([O-])c1nc2ccccc2[nH]1. The number of rotatable bonds is 1. The maximum absolute atomic E-state index is 10.3. The molecule has 0 bridgehead atoms. The summed E-state index contributed by atoms with van der Waals surface area (Å²) < 4.78 is 0. The van der Waals surface area contributed by atoms with Crippen molar-refractivity contribution in [3.8, 4) is 0 Å². The number of para-hydroxylation sites is 2. The lowest BCUT2D eigenvalue weighted by Gasteiger charge is -1.84. The number of fused-ring (bicyclic) bond motifs is 1. The summed E-state index contributed by atoms with van der Waals surface area (Å²) in [6, 6.07) is 7.05. The van der Waals surface area contributed by atoms with E-state index in [1.165, 1.54) is 0 Å². The second kappa shape index (κ2) is 3.20. The molecule has 13 heavy (non-hydrogen) atoms. The number of nitrogens with one attached hydrogen (secondary N) is 1. The van der Waals surface area contributed by atoms with Crippen LogP contribution in [0.5, 0.6) is 0 Å². The summed E-state index contributed by atoms with van der Waals surface area (Å²) in [6.45, 7) is 0. The third kappa shape index (κ3) is 1.47. The summed E-state index contributed by atoms with van der Waals surface area (Å²) in [7, 11) is 0. The van der Waals surface area contributed by atoms with Crippen molar-refractivity contribution in [1.29, 1.82) is 0 Å². The fraction of sp³-hybridized carbons (Fsp3) is 0. The van der Waals surface area contributed by atoms with Gasteiger partial charge in [-0.1, -0.05) is 17.1 Å². The van der Waals surface area contributed by atoms with Crippen LogP contribution in [0.25, 0.3) is 11.0 Å². The summed E-state index contributed by atoms with van der Waals surface area (Å²) in [5.41, 5.74) is 1.30. The highest BCUT2D eigenvalue weighted by Gasteiger charge is 2.11. The third-order valence-corrected chi connectivity index (χ3v) is 1.55. The minimum atomic E-state index is -0.542. The van der Waals surface area contributed by atoms with E-state index in [0.717, 1.165) is 0 Å². The Morgan fingerprint density at radius 1 is 1.38 bits per heavy atom. The van der Waals surface area contributed by atoms with Crippen LogP contribution >= 0.6 is 0 Å². The molecule has 68 valence electrons. The molecule has 0 saturated carbocycles. The molecule has 6 heteroatoms. The van der Waals surface area contributed by atoms with Crippen LogP contribution in [0, 0.1) is 10.1 Å². The van der Waals surface area contributed by atoms with Crippen LogP contribution < -0.4 is 6.15 Å². The van der Waals surface area contributed by atoms with E-state index in [-0.39, 0.29) is 12.1 Å². The average Bonchev–Trinajstić information content (AvgIpc) is 2.46. The van der Waals surface area contributed by atoms with Crippen LogP contribution in [0.15, 0.2) is 24.3 Å². The van der Waals surface area contributed by atoms with E-state index >= 15 is 0 Å². The zero-order valence-electron chi connectivity index (χ0n) is 6.73. The molecule has 0 aliphatic carbocycles. The van der Waals surface area contributed by atoms with Crippen molar-refractivity contribution in [3.05, 3.63) is 34.4 Å². The van der Waals surface area contributed by atoms with Crippen LogP contribution in [-0.2, 0) is 0 Å². The van der Waals surface area contributed by atoms with Crippen LogP contribution in [0.1, 0.15) is 0 Å². The topological polar surface area (TPSA) is 107 Å². The molecule has 0 radical (unpaired) electrons. The van der Waals surface area contributed by atoms with Gasteiger partial charge in [-0.15, -0.1) is 0 Å². The van der Waals surface area contributed by atoms with E-state index in [1.807, 2.05) is 0 Å². The Morgan fingerprint density at radius 2 is 2.08 bits per heavy atom. The first kappa shape index (κ1) is 9.14. The Kier molecular flexibility index (Phi) is 2.25. The molecule has 6 nitrogen and oxygen atoms in total. The molecule has 2 aromatic rings. The monoisotopic (exact) mass is 180 g/mol. The molecule has 0 spiro atoms. The van der Waals surface area contributed by atoms with E-state index in [1.54, 1.807) is 24.3 Å². The van der Waals surface area contributed by atoms with Gasteiger partial charge in [0, 0.05) is 0 Å². The highest BCUT2D eigenvalue weighted by atomic mass is 16.6. The number of aromatic amines is 1. The molecule has 1 aromatic heterocycles. The van der Waals surface area contributed by atoms with Gasteiger partial charge in [-0.05, 0) is 17.1 Å². The van der Waals surface area contributed by atoms with Gasteiger partial charge in [0.05, 0.1) is 0 Å².